The van der Waals surface area contributed by atoms with Crippen molar-refractivity contribution in [3.05, 3.63) is 164 Å². The number of rotatable bonds is 5. The smallest absolute Gasteiger partial charge is 0.160 e. The Labute approximate surface area is 256 Å². The first-order valence-corrected chi connectivity index (χ1v) is 14.8. The molecule has 0 amide bonds. The first kappa shape index (κ1) is 25.8. The lowest BCUT2D eigenvalue weighted by Crippen LogP contribution is -1.96. The van der Waals surface area contributed by atoms with Gasteiger partial charge in [0.15, 0.2) is 5.82 Å². The second-order valence-corrected chi connectivity index (χ2v) is 10.8. The minimum Gasteiger partial charge on any atom is -0.256 e. The zero-order valence-electron chi connectivity index (χ0n) is 23.9. The maximum absolute atomic E-state index is 5.09. The van der Waals surface area contributed by atoms with Crippen molar-refractivity contribution in [2.75, 3.05) is 0 Å². The van der Waals surface area contributed by atoms with E-state index >= 15 is 0 Å². The number of aromatic nitrogens is 3. The molecule has 0 radical (unpaired) electrons. The molecule has 0 bridgehead atoms. The Bertz CT molecular complexity index is 2150. The van der Waals surface area contributed by atoms with Crippen LogP contribution in [-0.2, 0) is 0 Å². The minimum absolute atomic E-state index is 0.711. The van der Waals surface area contributed by atoms with Crippen molar-refractivity contribution in [1.29, 1.82) is 0 Å². The number of hydrogen-bond acceptors (Lipinski definition) is 3. The molecule has 0 saturated heterocycles. The van der Waals surface area contributed by atoms with Gasteiger partial charge in [-0.3, -0.25) is 4.98 Å². The topological polar surface area (TPSA) is 38.7 Å². The van der Waals surface area contributed by atoms with Gasteiger partial charge in [0.05, 0.1) is 17.1 Å². The SMILES string of the molecule is c1ccc(-c2cc(-c3cccc(-c4c5ccccc5c(-c5ccccn5)c5ccccc45)c3)nc(-c3ccccc3)n2)cc1. The molecule has 6 aromatic carbocycles. The predicted molar refractivity (Wildman–Crippen MR) is 182 cm³/mol. The number of nitrogens with zero attached hydrogens (tertiary/aromatic N) is 3. The van der Waals surface area contributed by atoms with Gasteiger partial charge in [0, 0.05) is 28.5 Å². The summed E-state index contributed by atoms with van der Waals surface area (Å²) < 4.78 is 0. The number of fused-ring (bicyclic) bond motifs is 2. The highest BCUT2D eigenvalue weighted by Crippen LogP contribution is 2.43. The average Bonchev–Trinajstić information content (AvgIpc) is 3.11. The van der Waals surface area contributed by atoms with Gasteiger partial charge >= 0.3 is 0 Å². The highest BCUT2D eigenvalue weighted by atomic mass is 14.9. The van der Waals surface area contributed by atoms with Crippen LogP contribution >= 0.6 is 0 Å². The second-order valence-electron chi connectivity index (χ2n) is 10.8. The lowest BCUT2D eigenvalue weighted by atomic mass is 9.86. The highest BCUT2D eigenvalue weighted by Gasteiger charge is 2.18. The lowest BCUT2D eigenvalue weighted by Gasteiger charge is -2.17. The van der Waals surface area contributed by atoms with Crippen LogP contribution in [0.1, 0.15) is 0 Å². The molecule has 2 aromatic heterocycles. The second kappa shape index (κ2) is 11.0. The Balaban J connectivity index is 1.36. The summed E-state index contributed by atoms with van der Waals surface area (Å²) in [5, 5.41) is 4.76. The van der Waals surface area contributed by atoms with Crippen LogP contribution in [0.15, 0.2) is 164 Å². The molecule has 44 heavy (non-hydrogen) atoms. The Morgan fingerprint density at radius 2 is 0.818 bits per heavy atom. The molecule has 8 aromatic rings. The van der Waals surface area contributed by atoms with Gasteiger partial charge < -0.3 is 0 Å². The molecule has 0 saturated carbocycles. The largest absolute Gasteiger partial charge is 0.256 e. The highest BCUT2D eigenvalue weighted by molar-refractivity contribution is 6.21. The molecular weight excluding hydrogens is 534 g/mol. The number of pyridine rings is 1. The molecule has 0 aliphatic carbocycles. The number of hydrogen-bond donors (Lipinski definition) is 0. The molecule has 0 fully saturated rings. The maximum atomic E-state index is 5.09. The van der Waals surface area contributed by atoms with E-state index in [-0.39, 0.29) is 0 Å². The van der Waals surface area contributed by atoms with E-state index in [4.69, 9.17) is 15.0 Å². The van der Waals surface area contributed by atoms with E-state index in [0.29, 0.717) is 5.82 Å². The van der Waals surface area contributed by atoms with Crippen LogP contribution < -0.4 is 0 Å². The summed E-state index contributed by atoms with van der Waals surface area (Å²) in [5.74, 6) is 0.711. The van der Waals surface area contributed by atoms with Crippen molar-refractivity contribution in [3.63, 3.8) is 0 Å². The summed E-state index contributed by atoms with van der Waals surface area (Å²) >= 11 is 0. The molecule has 3 heteroatoms. The first-order chi connectivity index (χ1) is 21.8. The summed E-state index contributed by atoms with van der Waals surface area (Å²) in [7, 11) is 0. The van der Waals surface area contributed by atoms with Crippen LogP contribution in [0.25, 0.3) is 77.8 Å². The Morgan fingerprint density at radius 3 is 1.43 bits per heavy atom. The summed E-state index contributed by atoms with van der Waals surface area (Å²) in [6, 6.07) is 54.8. The Hall–Kier alpha value is -5.93. The molecule has 206 valence electrons. The van der Waals surface area contributed by atoms with Crippen LogP contribution in [0.4, 0.5) is 0 Å². The standard InChI is InChI=1S/C41H27N3/c1-3-14-28(15-4-1)37-27-38(44-41(43-37)29-16-5-2-6-17-29)30-18-13-19-31(26-30)39-32-20-7-9-22-34(32)40(36-24-11-12-25-42-36)35-23-10-8-21-33(35)39/h1-27H. The first-order valence-electron chi connectivity index (χ1n) is 14.8. The molecule has 0 aliphatic heterocycles. The van der Waals surface area contributed by atoms with E-state index < -0.39 is 0 Å². The fourth-order valence-corrected chi connectivity index (χ4v) is 6.13. The lowest BCUT2D eigenvalue weighted by molar-refractivity contribution is 1.18. The molecule has 0 unspecified atom stereocenters. The van der Waals surface area contributed by atoms with Gasteiger partial charge in [-0.1, -0.05) is 133 Å². The molecule has 0 aliphatic rings. The molecule has 0 N–H and O–H groups in total. The van der Waals surface area contributed by atoms with Crippen LogP contribution in [0.3, 0.4) is 0 Å². The van der Waals surface area contributed by atoms with Crippen molar-refractivity contribution in [2.24, 2.45) is 0 Å². The van der Waals surface area contributed by atoms with Gasteiger partial charge in [0.2, 0.25) is 0 Å². The zero-order chi connectivity index (χ0) is 29.3. The van der Waals surface area contributed by atoms with E-state index in [9.17, 15) is 0 Å². The summed E-state index contributed by atoms with van der Waals surface area (Å²) in [4.78, 5) is 14.8. The van der Waals surface area contributed by atoms with Crippen LogP contribution in [0.5, 0.6) is 0 Å². The van der Waals surface area contributed by atoms with E-state index in [1.165, 1.54) is 27.1 Å². The molecule has 0 atom stereocenters. The van der Waals surface area contributed by atoms with Crippen LogP contribution in [0.2, 0.25) is 0 Å². The summed E-state index contributed by atoms with van der Waals surface area (Å²) in [6.07, 6.45) is 1.87. The van der Waals surface area contributed by atoms with Gasteiger partial charge in [0.1, 0.15) is 0 Å². The summed E-state index contributed by atoms with van der Waals surface area (Å²) in [5.41, 5.74) is 9.36. The Morgan fingerprint density at radius 1 is 0.318 bits per heavy atom. The average molecular weight is 562 g/mol. The minimum atomic E-state index is 0.711. The third-order valence-electron chi connectivity index (χ3n) is 8.13. The maximum Gasteiger partial charge on any atom is 0.160 e. The number of benzene rings is 6. The van der Waals surface area contributed by atoms with Crippen molar-refractivity contribution in [1.82, 2.24) is 15.0 Å². The third-order valence-corrected chi connectivity index (χ3v) is 8.13. The fourth-order valence-electron chi connectivity index (χ4n) is 6.13. The molecule has 0 spiro atoms. The molecule has 8 rings (SSSR count). The van der Waals surface area contributed by atoms with Crippen molar-refractivity contribution in [2.45, 2.75) is 0 Å². The van der Waals surface area contributed by atoms with Crippen molar-refractivity contribution in [3.8, 4) is 56.3 Å². The fraction of sp³-hybridized carbons (Fsp3) is 0. The van der Waals surface area contributed by atoms with E-state index in [0.717, 1.165) is 44.9 Å². The van der Waals surface area contributed by atoms with E-state index in [1.807, 2.05) is 48.7 Å². The van der Waals surface area contributed by atoms with Gasteiger partial charge in [-0.25, -0.2) is 9.97 Å². The molecule has 2 heterocycles. The summed E-state index contributed by atoms with van der Waals surface area (Å²) in [6.45, 7) is 0. The quantitative estimate of drug-likeness (QED) is 0.196. The predicted octanol–water partition coefficient (Wildman–Crippen LogP) is 10.5. The third kappa shape index (κ3) is 4.61. The van der Waals surface area contributed by atoms with Crippen LogP contribution in [-0.4, -0.2) is 15.0 Å². The normalized spacial score (nSPS) is 11.2. The molecule has 3 nitrogen and oxygen atoms in total. The van der Waals surface area contributed by atoms with Gasteiger partial charge in [0.25, 0.3) is 0 Å². The molecular formula is C41H27N3. The van der Waals surface area contributed by atoms with E-state index in [1.54, 1.807) is 0 Å². The monoisotopic (exact) mass is 561 g/mol. The Kier molecular flexibility index (Phi) is 6.47. The van der Waals surface area contributed by atoms with E-state index in [2.05, 4.69) is 115 Å². The van der Waals surface area contributed by atoms with Gasteiger partial charge in [-0.15, -0.1) is 0 Å². The van der Waals surface area contributed by atoms with Crippen LogP contribution in [0, 0.1) is 0 Å². The van der Waals surface area contributed by atoms with Crippen molar-refractivity contribution < 1.29 is 0 Å². The van der Waals surface area contributed by atoms with Gasteiger partial charge in [-0.2, -0.15) is 0 Å². The van der Waals surface area contributed by atoms with Crippen molar-refractivity contribution >= 4 is 21.5 Å². The van der Waals surface area contributed by atoms with Gasteiger partial charge in [-0.05, 0) is 56.9 Å². The zero-order valence-corrected chi connectivity index (χ0v) is 23.9.